The maximum Gasteiger partial charge on any atom is 0.183 e. The molecule has 8 nitrogen and oxygen atoms in total. The Labute approximate surface area is 296 Å². The maximum absolute atomic E-state index is 12.3. The minimum absolute atomic E-state index is 0.130. The Morgan fingerprint density at radius 3 is 1.31 bits per heavy atom. The average Bonchev–Trinajstić information content (AvgIpc) is 3.01. The van der Waals surface area contributed by atoms with E-state index in [-0.39, 0.29) is 35.8 Å². The van der Waals surface area contributed by atoms with Gasteiger partial charge in [-0.1, -0.05) is 82.9 Å². The first-order chi connectivity index (χ1) is 23.2. The van der Waals surface area contributed by atoms with Crippen molar-refractivity contribution in [3.05, 3.63) is 150 Å². The van der Waals surface area contributed by atoms with Gasteiger partial charge in [-0.05, 0) is 91.8 Å². The second kappa shape index (κ2) is 16.5. The van der Waals surface area contributed by atoms with Crippen LogP contribution in [0.25, 0.3) is 0 Å². The molecule has 49 heavy (non-hydrogen) atoms. The van der Waals surface area contributed by atoms with Crippen molar-refractivity contribution in [3.8, 4) is 0 Å². The number of carbonyl (C=O) groups excluding carboxylic acids is 2. The standard InChI is InChI=1S/C39H38Cl2N4O4/c1-22-7-11-30(24(3)15-22)20-36(48)38(26(5)46)44-42-34-13-9-28(18-32(34)40)17-29-10-14-35(33(41)19-29)43-45-39(27(6)47)37(49)21-31-12-8-23(2)16-25(31)4/h7-16,18-19,48-49H,17,20-21H2,1-6H3/b38-36-,39-37-,44-42?,45-43?. The molecule has 2 N–H and O–H groups in total. The van der Waals surface area contributed by atoms with Crippen LogP contribution in [0.4, 0.5) is 11.4 Å². The van der Waals surface area contributed by atoms with Gasteiger partial charge in [0.2, 0.25) is 0 Å². The van der Waals surface area contributed by atoms with Crippen molar-refractivity contribution in [2.75, 3.05) is 0 Å². The summed E-state index contributed by atoms with van der Waals surface area (Å²) in [5.41, 5.74) is 8.15. The third-order valence-electron chi connectivity index (χ3n) is 7.87. The van der Waals surface area contributed by atoms with E-state index in [1.807, 2.05) is 76.2 Å². The molecular weight excluding hydrogens is 659 g/mol. The first kappa shape index (κ1) is 36.9. The fraction of sp³-hybridized carbons (Fsp3) is 0.231. The van der Waals surface area contributed by atoms with Crippen LogP contribution >= 0.6 is 23.2 Å². The molecule has 0 saturated heterocycles. The summed E-state index contributed by atoms with van der Waals surface area (Å²) in [4.78, 5) is 24.6. The number of aliphatic hydroxyl groups excluding tert-OH is 2. The maximum atomic E-state index is 12.3. The fourth-order valence-electron chi connectivity index (χ4n) is 5.21. The lowest BCUT2D eigenvalue weighted by Crippen LogP contribution is -2.03. The molecule has 0 fully saturated rings. The number of aliphatic hydroxyl groups is 2. The summed E-state index contributed by atoms with van der Waals surface area (Å²) in [6, 6.07) is 22.3. The number of ketones is 2. The number of aryl methyl sites for hydroxylation is 4. The van der Waals surface area contributed by atoms with E-state index in [9.17, 15) is 19.8 Å². The molecule has 4 aromatic rings. The third-order valence-corrected chi connectivity index (χ3v) is 8.48. The molecule has 252 valence electrons. The molecule has 10 heteroatoms. The molecule has 0 heterocycles. The zero-order chi connectivity index (χ0) is 35.8. The molecule has 4 rings (SSSR count). The molecule has 0 aliphatic rings. The Hall–Kier alpha value is -4.92. The molecule has 0 aliphatic heterocycles. The molecule has 0 aliphatic carbocycles. The quantitative estimate of drug-likeness (QED) is 0.0868. The lowest BCUT2D eigenvalue weighted by Gasteiger charge is -2.08. The monoisotopic (exact) mass is 696 g/mol. The van der Waals surface area contributed by atoms with Crippen molar-refractivity contribution in [1.29, 1.82) is 0 Å². The van der Waals surface area contributed by atoms with Crippen molar-refractivity contribution in [3.63, 3.8) is 0 Å². The predicted octanol–water partition coefficient (Wildman–Crippen LogP) is 11.2. The minimum Gasteiger partial charge on any atom is -0.509 e. The normalized spacial score (nSPS) is 12.7. The molecule has 0 amide bonds. The van der Waals surface area contributed by atoms with Gasteiger partial charge in [-0.15, -0.1) is 20.5 Å². The molecule has 0 bridgehead atoms. The van der Waals surface area contributed by atoms with Crippen LogP contribution in [-0.2, 0) is 28.9 Å². The molecule has 0 radical (unpaired) electrons. The van der Waals surface area contributed by atoms with Crippen LogP contribution in [-0.4, -0.2) is 21.8 Å². The van der Waals surface area contributed by atoms with Crippen LogP contribution in [0.1, 0.15) is 58.4 Å². The van der Waals surface area contributed by atoms with Gasteiger partial charge in [0, 0.05) is 26.7 Å². The highest BCUT2D eigenvalue weighted by Crippen LogP contribution is 2.31. The lowest BCUT2D eigenvalue weighted by molar-refractivity contribution is -0.114. The number of benzene rings is 4. The van der Waals surface area contributed by atoms with Gasteiger partial charge in [-0.25, -0.2) is 0 Å². The van der Waals surface area contributed by atoms with E-state index in [0.717, 1.165) is 44.5 Å². The van der Waals surface area contributed by atoms with Gasteiger partial charge in [-0.2, -0.15) is 0 Å². The number of hydrogen-bond acceptors (Lipinski definition) is 8. The van der Waals surface area contributed by atoms with Crippen molar-refractivity contribution in [1.82, 2.24) is 0 Å². The Morgan fingerprint density at radius 2 is 0.980 bits per heavy atom. The molecule has 0 unspecified atom stereocenters. The summed E-state index contributed by atoms with van der Waals surface area (Å²) in [5, 5.41) is 38.5. The topological polar surface area (TPSA) is 124 Å². The van der Waals surface area contributed by atoms with E-state index < -0.39 is 11.6 Å². The summed E-state index contributed by atoms with van der Waals surface area (Å²) < 4.78 is 0. The van der Waals surface area contributed by atoms with E-state index >= 15 is 0 Å². The van der Waals surface area contributed by atoms with Gasteiger partial charge in [-0.3, -0.25) is 9.59 Å². The number of nitrogens with zero attached hydrogens (tertiary/aromatic N) is 4. The van der Waals surface area contributed by atoms with E-state index in [0.29, 0.717) is 27.8 Å². The fourth-order valence-corrected chi connectivity index (χ4v) is 5.69. The van der Waals surface area contributed by atoms with E-state index in [2.05, 4.69) is 20.5 Å². The number of azo groups is 2. The van der Waals surface area contributed by atoms with Crippen LogP contribution < -0.4 is 0 Å². The van der Waals surface area contributed by atoms with Crippen molar-refractivity contribution in [2.45, 2.75) is 60.8 Å². The highest BCUT2D eigenvalue weighted by Gasteiger charge is 2.15. The molecule has 0 atom stereocenters. The Morgan fingerprint density at radius 1 is 0.592 bits per heavy atom. The Kier molecular flexibility index (Phi) is 12.4. The number of Topliss-reactive ketones (excluding diaryl/α,β-unsaturated/α-hetero) is 2. The van der Waals surface area contributed by atoms with Gasteiger partial charge in [0.05, 0.1) is 10.0 Å². The number of rotatable bonds is 12. The highest BCUT2D eigenvalue weighted by molar-refractivity contribution is 6.33. The largest absolute Gasteiger partial charge is 0.509 e. The highest BCUT2D eigenvalue weighted by atomic mass is 35.5. The van der Waals surface area contributed by atoms with Gasteiger partial charge in [0.15, 0.2) is 23.0 Å². The van der Waals surface area contributed by atoms with Crippen LogP contribution in [0.15, 0.2) is 116 Å². The van der Waals surface area contributed by atoms with Gasteiger partial charge in [0.1, 0.15) is 22.9 Å². The summed E-state index contributed by atoms with van der Waals surface area (Å²) in [6.07, 6.45) is 0.791. The van der Waals surface area contributed by atoms with Crippen LogP contribution in [0.2, 0.25) is 10.0 Å². The summed E-state index contributed by atoms with van der Waals surface area (Å²) >= 11 is 13.1. The molecule has 4 aromatic carbocycles. The number of allylic oxidation sites excluding steroid dienone is 4. The van der Waals surface area contributed by atoms with Crippen molar-refractivity contribution < 1.29 is 19.8 Å². The number of carbonyl (C=O) groups is 2. The Balaban J connectivity index is 1.47. The van der Waals surface area contributed by atoms with Crippen LogP contribution in [0.5, 0.6) is 0 Å². The zero-order valence-electron chi connectivity index (χ0n) is 28.3. The first-order valence-corrected chi connectivity index (χ1v) is 16.4. The van der Waals surface area contributed by atoms with Crippen LogP contribution in [0, 0.1) is 27.7 Å². The molecule has 0 saturated carbocycles. The summed E-state index contributed by atoms with van der Waals surface area (Å²) in [5.74, 6) is -1.17. The molecule has 0 aromatic heterocycles. The van der Waals surface area contributed by atoms with Crippen LogP contribution in [0.3, 0.4) is 0 Å². The summed E-state index contributed by atoms with van der Waals surface area (Å²) in [6.45, 7) is 10.5. The van der Waals surface area contributed by atoms with E-state index in [1.54, 1.807) is 24.3 Å². The van der Waals surface area contributed by atoms with Gasteiger partial charge < -0.3 is 10.2 Å². The van der Waals surface area contributed by atoms with E-state index in [4.69, 9.17) is 23.2 Å². The van der Waals surface area contributed by atoms with Crippen molar-refractivity contribution in [2.24, 2.45) is 20.5 Å². The molecular formula is C39H38Cl2N4O4. The third kappa shape index (κ3) is 10.0. The van der Waals surface area contributed by atoms with E-state index in [1.165, 1.54) is 13.8 Å². The SMILES string of the molecule is CC(=O)/C(N=Nc1ccc(Cc2ccc(N=N/C(C(C)=O)=C(\O)Cc3ccc(C)cc3C)c(Cl)c2)cc1Cl)=C(/O)Cc1ccc(C)cc1C. The predicted molar refractivity (Wildman–Crippen MR) is 195 cm³/mol. The summed E-state index contributed by atoms with van der Waals surface area (Å²) in [7, 11) is 0. The van der Waals surface area contributed by atoms with Crippen molar-refractivity contribution >= 4 is 46.1 Å². The lowest BCUT2D eigenvalue weighted by atomic mass is 10.0. The average molecular weight is 698 g/mol. The Bertz CT molecular complexity index is 1900. The number of hydrogen-bond donors (Lipinski definition) is 2. The number of halogens is 2. The minimum atomic E-state index is -0.415. The van der Waals surface area contributed by atoms with Gasteiger partial charge in [0.25, 0.3) is 0 Å². The molecule has 0 spiro atoms. The zero-order valence-corrected chi connectivity index (χ0v) is 29.8. The second-order valence-corrected chi connectivity index (χ2v) is 12.9. The second-order valence-electron chi connectivity index (χ2n) is 12.1. The first-order valence-electron chi connectivity index (χ1n) is 15.6. The van der Waals surface area contributed by atoms with Gasteiger partial charge >= 0.3 is 0 Å². The smallest absolute Gasteiger partial charge is 0.183 e.